The van der Waals surface area contributed by atoms with Crippen molar-refractivity contribution in [1.82, 2.24) is 0 Å². The van der Waals surface area contributed by atoms with Gasteiger partial charge in [0.25, 0.3) is 0 Å². The summed E-state index contributed by atoms with van der Waals surface area (Å²) in [5.74, 6) is 0.544. The zero-order valence-corrected chi connectivity index (χ0v) is 20.7. The topological polar surface area (TPSA) is 67.5 Å². The molecule has 0 bridgehead atoms. The van der Waals surface area contributed by atoms with Gasteiger partial charge < -0.3 is 9.52 Å². The predicted octanol–water partition coefficient (Wildman–Crippen LogP) is 8.89. The van der Waals surface area contributed by atoms with E-state index in [4.69, 9.17) is 4.42 Å². The van der Waals surface area contributed by atoms with Crippen molar-refractivity contribution in [3.05, 3.63) is 53.6 Å². The van der Waals surface area contributed by atoms with Crippen LogP contribution >= 0.6 is 0 Å². The van der Waals surface area contributed by atoms with E-state index < -0.39 is 0 Å². The molecule has 0 amide bonds. The molecule has 0 saturated heterocycles. The van der Waals surface area contributed by atoms with Gasteiger partial charge in [0.05, 0.1) is 5.56 Å². The molecule has 3 rings (SSSR count). The van der Waals surface area contributed by atoms with Crippen molar-refractivity contribution in [2.45, 2.75) is 90.9 Å². The molecule has 0 aliphatic carbocycles. The van der Waals surface area contributed by atoms with Gasteiger partial charge in [-0.1, -0.05) is 89.5 Å². The van der Waals surface area contributed by atoms with E-state index in [0.717, 1.165) is 43.9 Å². The molecule has 4 nitrogen and oxygen atoms in total. The van der Waals surface area contributed by atoms with Crippen molar-refractivity contribution in [1.29, 1.82) is 0 Å². The molecule has 0 atom stereocenters. The fourth-order valence-electron chi connectivity index (χ4n) is 4.51. The summed E-state index contributed by atoms with van der Waals surface area (Å²) in [5.41, 5.74) is 2.11. The van der Waals surface area contributed by atoms with Crippen LogP contribution in [0.2, 0.25) is 0 Å². The minimum Gasteiger partial charge on any atom is -0.507 e. The average Bonchev–Trinajstić information content (AvgIpc) is 3.27. The zero-order valence-electron chi connectivity index (χ0n) is 20.7. The zero-order chi connectivity index (χ0) is 24.3. The summed E-state index contributed by atoms with van der Waals surface area (Å²) >= 11 is 0. The van der Waals surface area contributed by atoms with Crippen LogP contribution < -0.4 is 0 Å². The third kappa shape index (κ3) is 6.59. The molecule has 1 aromatic heterocycles. The molecule has 0 radical (unpaired) electrons. The summed E-state index contributed by atoms with van der Waals surface area (Å²) in [5, 5.41) is 11.4. The van der Waals surface area contributed by atoms with Crippen LogP contribution in [0.1, 0.15) is 112 Å². The summed E-state index contributed by atoms with van der Waals surface area (Å²) in [4.78, 5) is 25.9. The molecule has 1 heterocycles. The summed E-state index contributed by atoms with van der Waals surface area (Å²) in [6.07, 6.45) is 11.9. The number of ketones is 2. The van der Waals surface area contributed by atoms with Gasteiger partial charge in [0.2, 0.25) is 0 Å². The van der Waals surface area contributed by atoms with Gasteiger partial charge in [-0.25, -0.2) is 0 Å². The third-order valence-electron chi connectivity index (χ3n) is 6.47. The third-order valence-corrected chi connectivity index (χ3v) is 6.47. The van der Waals surface area contributed by atoms with Crippen molar-refractivity contribution in [2.24, 2.45) is 0 Å². The normalized spacial score (nSPS) is 11.2. The van der Waals surface area contributed by atoms with E-state index in [1.54, 1.807) is 24.3 Å². The molecule has 0 aliphatic rings. The minimum absolute atomic E-state index is 0.00170. The molecule has 182 valence electrons. The van der Waals surface area contributed by atoms with E-state index in [2.05, 4.69) is 13.8 Å². The number of fused-ring (bicyclic) bond motifs is 1. The van der Waals surface area contributed by atoms with Crippen LogP contribution in [0.3, 0.4) is 0 Å². The Hall–Kier alpha value is -2.88. The summed E-state index contributed by atoms with van der Waals surface area (Å²) in [6.45, 7) is 4.34. The Labute approximate surface area is 203 Å². The first-order valence-corrected chi connectivity index (χ1v) is 13.0. The van der Waals surface area contributed by atoms with Gasteiger partial charge in [-0.15, -0.1) is 0 Å². The summed E-state index contributed by atoms with van der Waals surface area (Å²) in [7, 11) is 0. The van der Waals surface area contributed by atoms with E-state index in [-0.39, 0.29) is 17.3 Å². The number of phenolic OH excluding ortho intramolecular Hbond substituents is 1. The minimum atomic E-state index is 0.00170. The molecule has 34 heavy (non-hydrogen) atoms. The predicted molar refractivity (Wildman–Crippen MR) is 139 cm³/mol. The number of aromatic hydroxyl groups is 1. The van der Waals surface area contributed by atoms with Crippen molar-refractivity contribution in [3.8, 4) is 17.1 Å². The number of carbonyl (C=O) groups is 2. The largest absolute Gasteiger partial charge is 0.507 e. The summed E-state index contributed by atoms with van der Waals surface area (Å²) in [6, 6.07) is 12.3. The number of phenols is 1. The van der Waals surface area contributed by atoms with Gasteiger partial charge in [-0.05, 0) is 31.0 Å². The fraction of sp³-hybridized carbons (Fsp3) is 0.467. The van der Waals surface area contributed by atoms with E-state index in [1.165, 1.54) is 25.7 Å². The number of hydrogen-bond donors (Lipinski definition) is 1. The highest BCUT2D eigenvalue weighted by Crippen LogP contribution is 2.38. The van der Waals surface area contributed by atoms with Crippen LogP contribution in [0.5, 0.6) is 5.75 Å². The molecule has 3 aromatic rings. The lowest BCUT2D eigenvalue weighted by atomic mass is 9.96. The maximum atomic E-state index is 13.0. The second-order valence-corrected chi connectivity index (χ2v) is 9.20. The van der Waals surface area contributed by atoms with Crippen LogP contribution in [0.15, 0.2) is 46.9 Å². The maximum Gasteiger partial charge on any atom is 0.163 e. The Morgan fingerprint density at radius 2 is 1.29 bits per heavy atom. The van der Waals surface area contributed by atoms with Crippen molar-refractivity contribution >= 4 is 22.5 Å². The standard InChI is InChI=1S/C30H38O4/c1-3-5-7-9-10-12-17-25(31)22-15-14-20-28-24(22)21-29(34-28)30-23(16-13-19-27(30)33)26(32)18-11-8-6-4-2/h13-16,19-21,33H,3-12,17-18H2,1-2H3. The van der Waals surface area contributed by atoms with Gasteiger partial charge in [-0.3, -0.25) is 9.59 Å². The molecule has 1 N–H and O–H groups in total. The number of rotatable bonds is 15. The maximum absolute atomic E-state index is 13.0. The lowest BCUT2D eigenvalue weighted by molar-refractivity contribution is 0.0972. The number of Topliss-reactive ketones (excluding diaryl/α,β-unsaturated/α-hetero) is 2. The molecule has 0 aliphatic heterocycles. The SMILES string of the molecule is CCCCCCCCC(=O)c1cccc2oc(-c3c(O)cccc3C(=O)CCCCCC)cc12. The molecule has 0 spiro atoms. The average molecular weight is 463 g/mol. The number of hydrogen-bond acceptors (Lipinski definition) is 4. The quantitative estimate of drug-likeness (QED) is 0.181. The highest BCUT2D eigenvalue weighted by molar-refractivity contribution is 6.09. The Bertz CT molecular complexity index is 1090. The van der Waals surface area contributed by atoms with E-state index in [1.807, 2.05) is 18.2 Å². The molecule has 2 aromatic carbocycles. The fourth-order valence-corrected chi connectivity index (χ4v) is 4.51. The molecule has 0 fully saturated rings. The van der Waals surface area contributed by atoms with Crippen molar-refractivity contribution in [2.75, 3.05) is 0 Å². The summed E-state index contributed by atoms with van der Waals surface area (Å²) < 4.78 is 6.07. The van der Waals surface area contributed by atoms with Gasteiger partial charge in [0.15, 0.2) is 11.6 Å². The Balaban J connectivity index is 1.81. The lowest BCUT2D eigenvalue weighted by Crippen LogP contribution is -2.01. The first-order chi connectivity index (χ1) is 16.6. The van der Waals surface area contributed by atoms with Gasteiger partial charge in [0, 0.05) is 29.4 Å². The number of furan rings is 1. The Morgan fingerprint density at radius 1 is 0.735 bits per heavy atom. The molecular weight excluding hydrogens is 424 g/mol. The van der Waals surface area contributed by atoms with Gasteiger partial charge in [0.1, 0.15) is 17.1 Å². The van der Waals surface area contributed by atoms with Crippen LogP contribution in [-0.2, 0) is 0 Å². The second kappa shape index (κ2) is 13.1. The van der Waals surface area contributed by atoms with E-state index in [9.17, 15) is 14.7 Å². The van der Waals surface area contributed by atoms with Crippen molar-refractivity contribution in [3.63, 3.8) is 0 Å². The molecule has 4 heteroatoms. The number of unbranched alkanes of at least 4 members (excludes halogenated alkanes) is 8. The number of carbonyl (C=O) groups excluding carboxylic acids is 2. The monoisotopic (exact) mass is 462 g/mol. The highest BCUT2D eigenvalue weighted by atomic mass is 16.3. The Kier molecular flexibility index (Phi) is 9.93. The lowest BCUT2D eigenvalue weighted by Gasteiger charge is -2.08. The van der Waals surface area contributed by atoms with Crippen LogP contribution in [0.25, 0.3) is 22.3 Å². The first kappa shape index (κ1) is 25.7. The number of benzene rings is 2. The van der Waals surface area contributed by atoms with Crippen LogP contribution in [-0.4, -0.2) is 16.7 Å². The first-order valence-electron chi connectivity index (χ1n) is 13.0. The molecule has 0 saturated carbocycles. The van der Waals surface area contributed by atoms with Gasteiger partial charge in [-0.2, -0.15) is 0 Å². The van der Waals surface area contributed by atoms with Crippen LogP contribution in [0.4, 0.5) is 0 Å². The highest BCUT2D eigenvalue weighted by Gasteiger charge is 2.21. The van der Waals surface area contributed by atoms with E-state index >= 15 is 0 Å². The Morgan fingerprint density at radius 3 is 2.00 bits per heavy atom. The smallest absolute Gasteiger partial charge is 0.163 e. The van der Waals surface area contributed by atoms with Crippen LogP contribution in [0, 0.1) is 0 Å². The van der Waals surface area contributed by atoms with Crippen molar-refractivity contribution < 1.29 is 19.1 Å². The van der Waals surface area contributed by atoms with E-state index in [0.29, 0.717) is 40.9 Å². The molecule has 0 unspecified atom stereocenters. The van der Waals surface area contributed by atoms with Gasteiger partial charge >= 0.3 is 0 Å². The second-order valence-electron chi connectivity index (χ2n) is 9.20. The molecular formula is C30H38O4.